The van der Waals surface area contributed by atoms with Crippen molar-refractivity contribution in [3.05, 3.63) is 70.5 Å². The maximum absolute atomic E-state index is 13.9. The van der Waals surface area contributed by atoms with Crippen LogP contribution in [-0.4, -0.2) is 36.3 Å². The molecule has 0 aromatic heterocycles. The minimum absolute atomic E-state index is 0.188. The highest BCUT2D eigenvalue weighted by atomic mass is 19.1. The van der Waals surface area contributed by atoms with E-state index in [4.69, 9.17) is 14.6 Å². The van der Waals surface area contributed by atoms with Crippen LogP contribution in [0, 0.1) is 5.82 Å². The van der Waals surface area contributed by atoms with Crippen LogP contribution < -0.4 is 5.32 Å². The maximum Gasteiger partial charge on any atom is 0.335 e. The van der Waals surface area contributed by atoms with Gasteiger partial charge in [-0.3, -0.25) is 4.79 Å². The second kappa shape index (κ2) is 9.43. The second-order valence-electron chi connectivity index (χ2n) is 6.62. The molecular weight excluding hydrogens is 365 g/mol. The first-order valence-corrected chi connectivity index (χ1v) is 9.11. The topological polar surface area (TPSA) is 84.9 Å². The quantitative estimate of drug-likeness (QED) is 0.762. The molecule has 2 aromatic rings. The van der Waals surface area contributed by atoms with E-state index in [0.717, 1.165) is 43.2 Å². The highest BCUT2D eigenvalue weighted by molar-refractivity contribution is 5.96. The first kappa shape index (κ1) is 20.0. The normalized spacial score (nSPS) is 14.6. The Labute approximate surface area is 162 Å². The van der Waals surface area contributed by atoms with E-state index >= 15 is 0 Å². The van der Waals surface area contributed by atoms with Crippen molar-refractivity contribution in [2.75, 3.05) is 13.2 Å². The molecule has 1 heterocycles. The molecule has 2 N–H and O–H groups in total. The number of carbonyl (C=O) groups excluding carboxylic acids is 1. The molecule has 3 rings (SSSR count). The number of carbonyl (C=O) groups is 2. The number of nitrogens with one attached hydrogen (secondary N) is 1. The first-order valence-electron chi connectivity index (χ1n) is 9.11. The Morgan fingerprint density at radius 3 is 2.43 bits per heavy atom. The minimum Gasteiger partial charge on any atom is -0.478 e. The van der Waals surface area contributed by atoms with Crippen molar-refractivity contribution in [3.8, 4) is 0 Å². The van der Waals surface area contributed by atoms with Gasteiger partial charge in [-0.1, -0.05) is 24.3 Å². The lowest BCUT2D eigenvalue weighted by molar-refractivity contribution is -0.0390. The number of rotatable bonds is 7. The van der Waals surface area contributed by atoms with Crippen molar-refractivity contribution >= 4 is 11.9 Å². The van der Waals surface area contributed by atoms with Gasteiger partial charge in [0.25, 0.3) is 5.91 Å². The molecule has 148 valence electrons. The fourth-order valence-electron chi connectivity index (χ4n) is 2.92. The molecule has 1 saturated heterocycles. The predicted octanol–water partition coefficient (Wildman–Crippen LogP) is 3.15. The number of hydrogen-bond donors (Lipinski definition) is 2. The van der Waals surface area contributed by atoms with Crippen molar-refractivity contribution in [3.63, 3.8) is 0 Å². The van der Waals surface area contributed by atoms with E-state index in [1.54, 1.807) is 0 Å². The molecule has 0 unspecified atom stereocenters. The second-order valence-corrected chi connectivity index (χ2v) is 6.62. The molecule has 6 nitrogen and oxygen atoms in total. The van der Waals surface area contributed by atoms with Crippen LogP contribution in [0.2, 0.25) is 0 Å². The molecule has 1 fully saturated rings. The third kappa shape index (κ3) is 5.37. The molecule has 0 spiro atoms. The fraction of sp³-hybridized carbons (Fsp3) is 0.333. The van der Waals surface area contributed by atoms with Crippen molar-refractivity contribution < 1.29 is 28.6 Å². The predicted molar refractivity (Wildman–Crippen MR) is 99.6 cm³/mol. The number of ether oxygens (including phenoxy) is 2. The lowest BCUT2D eigenvalue weighted by Crippen LogP contribution is -2.24. The third-order valence-electron chi connectivity index (χ3n) is 4.59. The maximum atomic E-state index is 13.9. The summed E-state index contributed by atoms with van der Waals surface area (Å²) < 4.78 is 25.1. The van der Waals surface area contributed by atoms with Gasteiger partial charge in [0.2, 0.25) is 0 Å². The zero-order valence-electron chi connectivity index (χ0n) is 15.3. The number of halogens is 1. The van der Waals surface area contributed by atoms with Gasteiger partial charge in [-0.2, -0.15) is 0 Å². The van der Waals surface area contributed by atoms with Gasteiger partial charge in [0.15, 0.2) is 0 Å². The molecule has 2 aromatic carbocycles. The summed E-state index contributed by atoms with van der Waals surface area (Å²) in [6.07, 6.45) is 2.05. The van der Waals surface area contributed by atoms with Gasteiger partial charge in [0, 0.05) is 19.8 Å². The fourth-order valence-corrected chi connectivity index (χ4v) is 2.92. The van der Waals surface area contributed by atoms with Gasteiger partial charge in [0.05, 0.1) is 23.8 Å². The average Bonchev–Trinajstić information content (AvgIpc) is 2.72. The van der Waals surface area contributed by atoms with Crippen LogP contribution in [0.4, 0.5) is 4.39 Å². The van der Waals surface area contributed by atoms with Gasteiger partial charge < -0.3 is 19.9 Å². The van der Waals surface area contributed by atoms with Crippen LogP contribution in [0.15, 0.2) is 42.5 Å². The summed E-state index contributed by atoms with van der Waals surface area (Å²) >= 11 is 0. The largest absolute Gasteiger partial charge is 0.478 e. The number of aromatic carboxylic acids is 1. The van der Waals surface area contributed by atoms with Crippen LogP contribution in [-0.2, 0) is 22.6 Å². The molecule has 7 heteroatoms. The lowest BCUT2D eigenvalue weighted by Gasteiger charge is -2.22. The summed E-state index contributed by atoms with van der Waals surface area (Å²) in [6.45, 7) is 2.24. The molecule has 0 saturated carbocycles. The molecular formula is C21H22FNO5. The molecule has 0 aliphatic carbocycles. The SMILES string of the molecule is O=C(O)c1ccc(C(=O)NCc2ccc(COC3CCOCC3)cc2)c(F)c1. The van der Waals surface area contributed by atoms with Gasteiger partial charge in [0.1, 0.15) is 5.82 Å². The highest BCUT2D eigenvalue weighted by Gasteiger charge is 2.15. The monoisotopic (exact) mass is 387 g/mol. The molecule has 0 atom stereocenters. The summed E-state index contributed by atoms with van der Waals surface area (Å²) in [6, 6.07) is 10.8. The Kier molecular flexibility index (Phi) is 6.73. The standard InChI is InChI=1S/C21H22FNO5/c22-19-11-16(21(25)26)5-6-18(19)20(24)23-12-14-1-3-15(4-2-14)13-28-17-7-9-27-10-8-17/h1-6,11,17H,7-10,12-13H2,(H,23,24)(H,25,26). The van der Waals surface area contributed by atoms with Crippen molar-refractivity contribution in [1.29, 1.82) is 0 Å². The van der Waals surface area contributed by atoms with Crippen molar-refractivity contribution in [2.45, 2.75) is 32.1 Å². The number of hydrogen-bond acceptors (Lipinski definition) is 4. The summed E-state index contributed by atoms with van der Waals surface area (Å²) in [5.74, 6) is -2.70. The zero-order chi connectivity index (χ0) is 19.9. The average molecular weight is 387 g/mol. The Bertz CT molecular complexity index is 831. The summed E-state index contributed by atoms with van der Waals surface area (Å²) in [5.41, 5.74) is 1.52. The van der Waals surface area contributed by atoms with Crippen molar-refractivity contribution in [2.24, 2.45) is 0 Å². The Morgan fingerprint density at radius 2 is 1.79 bits per heavy atom. The van der Waals surface area contributed by atoms with Crippen LogP contribution in [0.25, 0.3) is 0 Å². The molecule has 1 aliphatic heterocycles. The molecule has 28 heavy (non-hydrogen) atoms. The summed E-state index contributed by atoms with van der Waals surface area (Å²) in [5, 5.41) is 11.5. The highest BCUT2D eigenvalue weighted by Crippen LogP contribution is 2.14. The minimum atomic E-state index is -1.24. The lowest BCUT2D eigenvalue weighted by atomic mass is 10.1. The number of carboxylic acids is 1. The van der Waals surface area contributed by atoms with Crippen molar-refractivity contribution in [1.82, 2.24) is 5.32 Å². The third-order valence-corrected chi connectivity index (χ3v) is 4.59. The van der Waals surface area contributed by atoms with E-state index in [9.17, 15) is 14.0 Å². The van der Waals surface area contributed by atoms with Crippen LogP contribution in [0.3, 0.4) is 0 Å². The first-order chi connectivity index (χ1) is 13.5. The van der Waals surface area contributed by atoms with Gasteiger partial charge in [-0.25, -0.2) is 9.18 Å². The van der Waals surface area contributed by atoms with E-state index in [-0.39, 0.29) is 23.8 Å². The van der Waals surface area contributed by atoms with E-state index in [1.807, 2.05) is 24.3 Å². The summed E-state index contributed by atoms with van der Waals surface area (Å²) in [4.78, 5) is 23.0. The summed E-state index contributed by atoms with van der Waals surface area (Å²) in [7, 11) is 0. The smallest absolute Gasteiger partial charge is 0.335 e. The van der Waals surface area contributed by atoms with Gasteiger partial charge in [-0.05, 0) is 42.2 Å². The van der Waals surface area contributed by atoms with Crippen LogP contribution >= 0.6 is 0 Å². The zero-order valence-corrected chi connectivity index (χ0v) is 15.3. The molecule has 1 amide bonds. The molecule has 0 bridgehead atoms. The number of benzene rings is 2. The number of amides is 1. The molecule has 1 aliphatic rings. The van der Waals surface area contributed by atoms with E-state index in [0.29, 0.717) is 6.61 Å². The van der Waals surface area contributed by atoms with E-state index in [1.165, 1.54) is 12.1 Å². The Morgan fingerprint density at radius 1 is 1.11 bits per heavy atom. The van der Waals surface area contributed by atoms with Gasteiger partial charge in [-0.15, -0.1) is 0 Å². The van der Waals surface area contributed by atoms with Crippen LogP contribution in [0.5, 0.6) is 0 Å². The number of carboxylic acid groups (broad SMARTS) is 1. The van der Waals surface area contributed by atoms with Gasteiger partial charge >= 0.3 is 5.97 Å². The van der Waals surface area contributed by atoms with Crippen LogP contribution in [0.1, 0.15) is 44.7 Å². The van der Waals surface area contributed by atoms with E-state index < -0.39 is 17.7 Å². The Hall–Kier alpha value is -2.77. The Balaban J connectivity index is 1.50. The van der Waals surface area contributed by atoms with E-state index in [2.05, 4.69) is 5.32 Å². The molecule has 0 radical (unpaired) electrons.